The fraction of sp³-hybridized carbons (Fsp3) is 0. The molecule has 0 radical (unpaired) electrons. The summed E-state index contributed by atoms with van der Waals surface area (Å²) in [6.45, 7) is 0. The first-order valence-corrected chi connectivity index (χ1v) is 2.30. The first kappa shape index (κ1) is 22.5. The maximum Gasteiger partial charge on any atom is 1.00 e. The standard InChI is InChI=1S/ClH.K.H3N.H3O4P/c;;;1-5(2,3)4/h1H;;1H3;(H3,1,2,3,4)/q;+1;;/p-1. The van der Waals surface area contributed by atoms with Crippen LogP contribution in [0.1, 0.15) is 0 Å². The van der Waals surface area contributed by atoms with Crippen molar-refractivity contribution in [3.63, 3.8) is 0 Å². The van der Waals surface area contributed by atoms with Crippen LogP contribution in [0.25, 0.3) is 0 Å². The minimum atomic E-state index is -4.89. The van der Waals surface area contributed by atoms with Crippen molar-refractivity contribution >= 4 is 20.2 Å². The molecular formula is H6ClKNO4P. The normalized spacial score (nSPS) is 7.38. The van der Waals surface area contributed by atoms with E-state index in [1.54, 1.807) is 0 Å². The Hall–Kier alpha value is 2.00. The maximum absolute atomic E-state index is 8.77. The molecule has 0 atom stereocenters. The van der Waals surface area contributed by atoms with Crippen LogP contribution in [0.2, 0.25) is 0 Å². The Balaban J connectivity index is -0.0000000267. The van der Waals surface area contributed by atoms with Gasteiger partial charge >= 0.3 is 51.4 Å². The van der Waals surface area contributed by atoms with E-state index >= 15 is 0 Å². The molecule has 0 saturated carbocycles. The number of hydrogen-bond donors (Lipinski definition) is 3. The quantitative estimate of drug-likeness (QED) is 0.266. The zero-order valence-corrected chi connectivity index (χ0v) is 9.11. The Morgan fingerprint density at radius 2 is 1.38 bits per heavy atom. The summed E-state index contributed by atoms with van der Waals surface area (Å²) in [5.74, 6) is 0. The van der Waals surface area contributed by atoms with Gasteiger partial charge in [-0.25, -0.2) is 0 Å². The molecule has 0 aromatic rings. The topological polar surface area (TPSA) is 116 Å². The summed E-state index contributed by atoms with van der Waals surface area (Å²) in [6.07, 6.45) is 0. The third kappa shape index (κ3) is 98.2. The molecule has 5 N–H and O–H groups in total. The fourth-order valence-corrected chi connectivity index (χ4v) is 0. The maximum atomic E-state index is 8.77. The summed E-state index contributed by atoms with van der Waals surface area (Å²) in [5.41, 5.74) is 0. The number of halogens is 1. The van der Waals surface area contributed by atoms with Crippen molar-refractivity contribution in [1.29, 1.82) is 0 Å². The van der Waals surface area contributed by atoms with Gasteiger partial charge in [-0.15, -0.1) is 12.4 Å². The summed E-state index contributed by atoms with van der Waals surface area (Å²) in [6, 6.07) is 0. The van der Waals surface area contributed by atoms with Crippen LogP contribution in [0.4, 0.5) is 0 Å². The van der Waals surface area contributed by atoms with Gasteiger partial charge in [-0.05, 0) is 0 Å². The number of phosphoric acid groups is 1. The molecule has 0 rings (SSSR count). The average molecular weight is 190 g/mol. The number of hydrogen-bond acceptors (Lipinski definition) is 3. The van der Waals surface area contributed by atoms with Crippen LogP contribution in [0.15, 0.2) is 0 Å². The van der Waals surface area contributed by atoms with Gasteiger partial charge in [-0.3, -0.25) is 4.57 Å². The predicted octanol–water partition coefficient (Wildman–Crippen LogP) is -3.97. The number of rotatable bonds is 0. The predicted molar refractivity (Wildman–Crippen MR) is 24.3 cm³/mol. The summed E-state index contributed by atoms with van der Waals surface area (Å²) >= 11 is 0. The molecule has 0 aliphatic heterocycles. The zero-order chi connectivity index (χ0) is 4.50. The first-order chi connectivity index (χ1) is 2.00. The van der Waals surface area contributed by atoms with Gasteiger partial charge < -0.3 is 20.8 Å². The Bertz CT molecular complexity index is 62.2. The Labute approximate surface area is 95.5 Å². The van der Waals surface area contributed by atoms with Crippen molar-refractivity contribution < 1.29 is 70.6 Å². The van der Waals surface area contributed by atoms with Gasteiger partial charge in [-0.2, -0.15) is 0 Å². The van der Waals surface area contributed by atoms with E-state index in [1.807, 2.05) is 0 Å². The molecule has 0 unspecified atom stereocenters. The van der Waals surface area contributed by atoms with E-state index in [2.05, 4.69) is 0 Å². The monoisotopic (exact) mass is 189 g/mol. The molecule has 0 amide bonds. The molecule has 8 heavy (non-hydrogen) atoms. The summed E-state index contributed by atoms with van der Waals surface area (Å²) < 4.78 is 8.77. The molecule has 0 spiro atoms. The second kappa shape index (κ2) is 9.00. The van der Waals surface area contributed by atoms with Gasteiger partial charge in [0.05, 0.1) is 0 Å². The molecule has 0 fully saturated rings. The molecule has 0 aromatic heterocycles. The van der Waals surface area contributed by atoms with Crippen LogP contribution in [0, 0.1) is 0 Å². The van der Waals surface area contributed by atoms with Crippen molar-refractivity contribution in [2.24, 2.45) is 0 Å². The first-order valence-electron chi connectivity index (χ1n) is 0.765. The van der Waals surface area contributed by atoms with Crippen molar-refractivity contribution in [1.82, 2.24) is 6.15 Å². The molecule has 0 aliphatic carbocycles. The fourth-order valence-electron chi connectivity index (χ4n) is 0. The van der Waals surface area contributed by atoms with Gasteiger partial charge in [0.25, 0.3) is 7.82 Å². The van der Waals surface area contributed by atoms with Crippen molar-refractivity contribution in [2.45, 2.75) is 0 Å². The van der Waals surface area contributed by atoms with E-state index in [4.69, 9.17) is 19.2 Å². The third-order valence-corrected chi connectivity index (χ3v) is 0. The molecule has 0 saturated heterocycles. The molecule has 48 valence electrons. The summed E-state index contributed by atoms with van der Waals surface area (Å²) in [5, 5.41) is 0. The largest absolute Gasteiger partial charge is 1.00 e. The zero-order valence-electron chi connectivity index (χ0n) is 4.27. The second-order valence-electron chi connectivity index (χ2n) is 0.491. The molecule has 5 nitrogen and oxygen atoms in total. The molecular weight excluding hydrogens is 184 g/mol. The van der Waals surface area contributed by atoms with Crippen LogP contribution in [-0.2, 0) is 4.57 Å². The Morgan fingerprint density at radius 3 is 1.38 bits per heavy atom. The Morgan fingerprint density at radius 1 is 1.38 bits per heavy atom. The van der Waals surface area contributed by atoms with Crippen LogP contribution < -0.4 is 62.4 Å². The molecule has 0 aliphatic rings. The van der Waals surface area contributed by atoms with Gasteiger partial charge in [0.2, 0.25) is 0 Å². The molecule has 8 heteroatoms. The van der Waals surface area contributed by atoms with Crippen LogP contribution in [-0.4, -0.2) is 9.79 Å². The molecule has 0 heterocycles. The van der Waals surface area contributed by atoms with Crippen LogP contribution in [0.5, 0.6) is 0 Å². The van der Waals surface area contributed by atoms with E-state index < -0.39 is 7.82 Å². The van der Waals surface area contributed by atoms with E-state index in [-0.39, 0.29) is 69.9 Å². The van der Waals surface area contributed by atoms with Gasteiger partial charge in [0.15, 0.2) is 0 Å². The Kier molecular flexibility index (Phi) is 25.3. The van der Waals surface area contributed by atoms with E-state index in [0.29, 0.717) is 0 Å². The van der Waals surface area contributed by atoms with E-state index in [9.17, 15) is 0 Å². The molecule has 0 bridgehead atoms. The van der Waals surface area contributed by atoms with E-state index in [1.165, 1.54) is 0 Å². The second-order valence-corrected chi connectivity index (χ2v) is 1.47. The van der Waals surface area contributed by atoms with Gasteiger partial charge in [-0.1, -0.05) is 0 Å². The third-order valence-electron chi connectivity index (χ3n) is 0. The summed E-state index contributed by atoms with van der Waals surface area (Å²) in [4.78, 5) is 22.9. The van der Waals surface area contributed by atoms with E-state index in [0.717, 1.165) is 0 Å². The van der Waals surface area contributed by atoms with Crippen molar-refractivity contribution in [3.05, 3.63) is 0 Å². The average Bonchev–Trinajstić information content (AvgIpc) is 0.722. The SMILES string of the molecule is Cl.N.O=P([O-])(O)O.[K+]. The van der Waals surface area contributed by atoms with Gasteiger partial charge in [0, 0.05) is 0 Å². The summed E-state index contributed by atoms with van der Waals surface area (Å²) in [7, 11) is -4.89. The van der Waals surface area contributed by atoms with Crippen molar-refractivity contribution in [2.75, 3.05) is 0 Å². The van der Waals surface area contributed by atoms with Crippen LogP contribution in [0.3, 0.4) is 0 Å². The smallest absolute Gasteiger partial charge is 0.756 e. The van der Waals surface area contributed by atoms with Crippen LogP contribution >= 0.6 is 20.2 Å². The minimum Gasteiger partial charge on any atom is -0.756 e. The molecule has 0 aromatic carbocycles. The van der Waals surface area contributed by atoms with Crippen molar-refractivity contribution in [3.8, 4) is 0 Å². The minimum absolute atomic E-state index is 0. The van der Waals surface area contributed by atoms with Gasteiger partial charge in [0.1, 0.15) is 0 Å².